The molecule has 1 aliphatic carbocycles. The van der Waals surface area contributed by atoms with Crippen molar-refractivity contribution in [3.8, 4) is 6.07 Å². The normalized spacial score (nSPS) is 28.5. The van der Waals surface area contributed by atoms with E-state index in [4.69, 9.17) is 10.4 Å². The second-order valence-electron chi connectivity index (χ2n) is 3.64. The lowest BCUT2D eigenvalue weighted by molar-refractivity contribution is 0.275. The molecule has 0 amide bonds. The van der Waals surface area contributed by atoms with Crippen molar-refractivity contribution in [3.63, 3.8) is 0 Å². The standard InChI is InChI=1S/C11H10FNOS/c12-9-2-1-3-10(4-9)15-11(7-13)5-8(11)6-14/h1-4,8,14H,5-6H2. The maximum absolute atomic E-state index is 12.9. The third-order valence-electron chi connectivity index (χ3n) is 2.55. The van der Waals surface area contributed by atoms with E-state index in [9.17, 15) is 4.39 Å². The van der Waals surface area contributed by atoms with E-state index < -0.39 is 4.75 Å². The predicted octanol–water partition coefficient (Wildman–Crippen LogP) is 2.19. The van der Waals surface area contributed by atoms with Gasteiger partial charge in [0.25, 0.3) is 0 Å². The summed E-state index contributed by atoms with van der Waals surface area (Å²) in [4.78, 5) is 0.743. The van der Waals surface area contributed by atoms with Gasteiger partial charge in [0, 0.05) is 17.4 Å². The Kier molecular flexibility index (Phi) is 2.68. The molecule has 2 nitrogen and oxygen atoms in total. The molecular weight excluding hydrogens is 213 g/mol. The van der Waals surface area contributed by atoms with Crippen LogP contribution >= 0.6 is 11.8 Å². The van der Waals surface area contributed by atoms with E-state index in [1.54, 1.807) is 12.1 Å². The van der Waals surface area contributed by atoms with Gasteiger partial charge in [-0.3, -0.25) is 0 Å². The van der Waals surface area contributed by atoms with E-state index in [0.717, 1.165) is 4.90 Å². The predicted molar refractivity (Wildman–Crippen MR) is 55.8 cm³/mol. The minimum Gasteiger partial charge on any atom is -0.396 e. The molecule has 2 atom stereocenters. The van der Waals surface area contributed by atoms with Crippen molar-refractivity contribution in [2.45, 2.75) is 16.1 Å². The van der Waals surface area contributed by atoms with E-state index in [2.05, 4.69) is 6.07 Å². The van der Waals surface area contributed by atoms with Crippen molar-refractivity contribution in [1.82, 2.24) is 0 Å². The Labute approximate surface area is 91.7 Å². The summed E-state index contributed by atoms with van der Waals surface area (Å²) in [5, 5.41) is 18.0. The van der Waals surface area contributed by atoms with E-state index in [-0.39, 0.29) is 18.3 Å². The smallest absolute Gasteiger partial charge is 0.124 e. The van der Waals surface area contributed by atoms with Gasteiger partial charge in [-0.2, -0.15) is 5.26 Å². The van der Waals surface area contributed by atoms with Crippen LogP contribution in [0, 0.1) is 23.1 Å². The average Bonchev–Trinajstić information content (AvgIpc) is 2.92. The van der Waals surface area contributed by atoms with Crippen LogP contribution in [0.2, 0.25) is 0 Å². The number of benzene rings is 1. The highest BCUT2D eigenvalue weighted by Crippen LogP contribution is 2.56. The fourth-order valence-electron chi connectivity index (χ4n) is 1.54. The van der Waals surface area contributed by atoms with Crippen LogP contribution in [0.5, 0.6) is 0 Å². The largest absolute Gasteiger partial charge is 0.396 e. The van der Waals surface area contributed by atoms with Crippen LogP contribution in [0.4, 0.5) is 4.39 Å². The first kappa shape index (κ1) is 10.5. The Balaban J connectivity index is 2.13. The first-order chi connectivity index (χ1) is 7.20. The van der Waals surface area contributed by atoms with Crippen LogP contribution < -0.4 is 0 Å². The molecule has 1 N–H and O–H groups in total. The van der Waals surface area contributed by atoms with Crippen molar-refractivity contribution in [2.24, 2.45) is 5.92 Å². The summed E-state index contributed by atoms with van der Waals surface area (Å²) >= 11 is 1.34. The minimum absolute atomic E-state index is 0.0237. The number of nitriles is 1. The molecule has 2 rings (SSSR count). The van der Waals surface area contributed by atoms with Gasteiger partial charge in [0.05, 0.1) is 6.07 Å². The molecule has 15 heavy (non-hydrogen) atoms. The Bertz CT molecular complexity index is 417. The van der Waals surface area contributed by atoms with Crippen LogP contribution in [0.3, 0.4) is 0 Å². The van der Waals surface area contributed by atoms with Gasteiger partial charge in [-0.1, -0.05) is 6.07 Å². The highest BCUT2D eigenvalue weighted by molar-refractivity contribution is 8.01. The lowest BCUT2D eigenvalue weighted by atomic mass is 10.3. The number of hydrogen-bond donors (Lipinski definition) is 1. The zero-order valence-corrected chi connectivity index (χ0v) is 8.80. The maximum Gasteiger partial charge on any atom is 0.124 e. The van der Waals surface area contributed by atoms with Gasteiger partial charge >= 0.3 is 0 Å². The molecule has 0 aliphatic heterocycles. The Morgan fingerprint density at radius 1 is 1.67 bits per heavy atom. The molecule has 0 aromatic heterocycles. The molecule has 78 valence electrons. The molecule has 1 fully saturated rings. The highest BCUT2D eigenvalue weighted by atomic mass is 32.2. The minimum atomic E-state index is -0.539. The molecule has 1 aromatic rings. The Morgan fingerprint density at radius 2 is 2.47 bits per heavy atom. The van der Waals surface area contributed by atoms with Gasteiger partial charge < -0.3 is 5.11 Å². The summed E-state index contributed by atoms with van der Waals surface area (Å²) in [5.41, 5.74) is 0. The molecule has 0 radical (unpaired) electrons. The van der Waals surface area contributed by atoms with E-state index in [1.807, 2.05) is 0 Å². The zero-order valence-electron chi connectivity index (χ0n) is 7.98. The van der Waals surface area contributed by atoms with Crippen LogP contribution in [0.15, 0.2) is 29.2 Å². The molecule has 2 unspecified atom stereocenters. The Morgan fingerprint density at radius 3 is 3.00 bits per heavy atom. The van der Waals surface area contributed by atoms with E-state index in [0.29, 0.717) is 6.42 Å². The number of aliphatic hydroxyl groups excluding tert-OH is 1. The number of halogens is 1. The number of nitrogens with zero attached hydrogens (tertiary/aromatic N) is 1. The lowest BCUT2D eigenvalue weighted by Gasteiger charge is -2.07. The van der Waals surface area contributed by atoms with Gasteiger partial charge in [-0.05, 0) is 24.6 Å². The summed E-state index contributed by atoms with van der Waals surface area (Å²) < 4.78 is 12.4. The van der Waals surface area contributed by atoms with Crippen molar-refractivity contribution in [3.05, 3.63) is 30.1 Å². The molecule has 1 saturated carbocycles. The molecule has 0 bridgehead atoms. The van der Waals surface area contributed by atoms with Crippen molar-refractivity contribution in [1.29, 1.82) is 5.26 Å². The Hall–Kier alpha value is -1.05. The fourth-order valence-corrected chi connectivity index (χ4v) is 2.85. The lowest BCUT2D eigenvalue weighted by Crippen LogP contribution is -2.05. The summed E-state index contributed by atoms with van der Waals surface area (Å²) in [6, 6.07) is 8.39. The molecule has 4 heteroatoms. The average molecular weight is 223 g/mol. The highest BCUT2D eigenvalue weighted by Gasteiger charge is 2.55. The number of aliphatic hydroxyl groups is 1. The summed E-state index contributed by atoms with van der Waals surface area (Å²) in [5.74, 6) is -0.273. The van der Waals surface area contributed by atoms with Crippen LogP contribution in [0.1, 0.15) is 6.42 Å². The SMILES string of the molecule is N#CC1(Sc2cccc(F)c2)CC1CO. The summed E-state index contributed by atoms with van der Waals surface area (Å²) in [6.07, 6.45) is 0.682. The second-order valence-corrected chi connectivity index (χ2v) is 5.05. The first-order valence-corrected chi connectivity index (χ1v) is 5.48. The number of rotatable bonds is 3. The van der Waals surface area contributed by atoms with E-state index in [1.165, 1.54) is 23.9 Å². The summed E-state index contributed by atoms with van der Waals surface area (Å²) in [6.45, 7) is 0.0237. The zero-order chi connectivity index (χ0) is 10.9. The maximum atomic E-state index is 12.9. The van der Waals surface area contributed by atoms with E-state index >= 15 is 0 Å². The van der Waals surface area contributed by atoms with Crippen molar-refractivity contribution < 1.29 is 9.50 Å². The summed E-state index contributed by atoms with van der Waals surface area (Å²) in [7, 11) is 0. The number of hydrogen-bond acceptors (Lipinski definition) is 3. The quantitative estimate of drug-likeness (QED) is 0.854. The monoisotopic (exact) mass is 223 g/mol. The molecule has 1 aliphatic rings. The van der Waals surface area contributed by atoms with Crippen LogP contribution in [-0.2, 0) is 0 Å². The van der Waals surface area contributed by atoms with Crippen LogP contribution in [-0.4, -0.2) is 16.5 Å². The third kappa shape index (κ3) is 1.99. The second kappa shape index (κ2) is 3.84. The number of thioether (sulfide) groups is 1. The van der Waals surface area contributed by atoms with Crippen molar-refractivity contribution >= 4 is 11.8 Å². The van der Waals surface area contributed by atoms with Gasteiger partial charge in [-0.15, -0.1) is 11.8 Å². The van der Waals surface area contributed by atoms with Gasteiger partial charge in [-0.25, -0.2) is 4.39 Å². The topological polar surface area (TPSA) is 44.0 Å². The first-order valence-electron chi connectivity index (χ1n) is 4.67. The van der Waals surface area contributed by atoms with Crippen LogP contribution in [0.25, 0.3) is 0 Å². The van der Waals surface area contributed by atoms with Gasteiger partial charge in [0.2, 0.25) is 0 Å². The molecule has 0 heterocycles. The van der Waals surface area contributed by atoms with Gasteiger partial charge in [0.15, 0.2) is 0 Å². The molecular formula is C11H10FNOS. The molecule has 1 aromatic carbocycles. The van der Waals surface area contributed by atoms with Crippen molar-refractivity contribution in [2.75, 3.05) is 6.61 Å². The molecule has 0 spiro atoms. The third-order valence-corrected chi connectivity index (χ3v) is 4.00. The molecule has 0 saturated heterocycles. The van der Waals surface area contributed by atoms with Gasteiger partial charge in [0.1, 0.15) is 10.6 Å². The fraction of sp³-hybridized carbons (Fsp3) is 0.364.